The number of aromatic nitrogens is 5. The third-order valence-electron chi connectivity index (χ3n) is 13.9. The predicted octanol–water partition coefficient (Wildman–Crippen LogP) is 13.8. The van der Waals surface area contributed by atoms with Gasteiger partial charge in [-0.1, -0.05) is 77.8 Å². The number of amides is 1. The van der Waals surface area contributed by atoms with Crippen molar-refractivity contribution in [1.29, 1.82) is 0 Å². The molecule has 14 nitrogen and oxygen atoms in total. The zero-order chi connectivity index (χ0) is 53.2. The first-order chi connectivity index (χ1) is 35.4. The summed E-state index contributed by atoms with van der Waals surface area (Å²) in [5.74, 6) is 2.27. The first kappa shape index (κ1) is 57.2. The van der Waals surface area contributed by atoms with E-state index < -0.39 is 16.1 Å². The number of rotatable bonds is 17. The normalized spacial score (nSPS) is 14.6. The predicted molar refractivity (Wildman–Crippen MR) is 316 cm³/mol. The summed E-state index contributed by atoms with van der Waals surface area (Å²) < 4.78 is 41.5. The number of nitrogens with one attached hydrogen (secondary N) is 1. The number of carbonyl (C=O) groups excluding carboxylic acids is 1. The molecule has 0 saturated heterocycles. The van der Waals surface area contributed by atoms with Crippen LogP contribution in [0.1, 0.15) is 80.6 Å². The second kappa shape index (κ2) is 26.0. The molecule has 0 atom stereocenters. The molecule has 7 aromatic rings. The average Bonchev–Trinajstić information content (AvgIpc) is 4.01. The molecule has 0 unspecified atom stereocenters. The van der Waals surface area contributed by atoms with E-state index in [9.17, 15) is 9.59 Å². The lowest BCUT2D eigenvalue weighted by atomic mass is 9.94. The summed E-state index contributed by atoms with van der Waals surface area (Å²) >= 11 is 5.76. The van der Waals surface area contributed by atoms with Crippen LogP contribution in [0.15, 0.2) is 76.5 Å². The molecule has 2 saturated carbocycles. The molecule has 9 rings (SSSR count). The Morgan fingerprint density at radius 3 is 1.74 bits per heavy atom. The van der Waals surface area contributed by atoms with Gasteiger partial charge in [-0.3, -0.25) is 9.59 Å². The van der Waals surface area contributed by atoms with Gasteiger partial charge in [-0.05, 0) is 119 Å². The van der Waals surface area contributed by atoms with Gasteiger partial charge < -0.3 is 47.4 Å². The highest BCUT2D eigenvalue weighted by Crippen LogP contribution is 2.39. The Hall–Kier alpha value is -4.48. The number of carbonyl (C=O) groups is 1. The lowest BCUT2D eigenvalue weighted by molar-refractivity contribution is 0.0898. The van der Waals surface area contributed by atoms with Crippen molar-refractivity contribution in [3.05, 3.63) is 91.2 Å². The maximum atomic E-state index is 14.1. The van der Waals surface area contributed by atoms with Crippen LogP contribution in [0.5, 0.6) is 23.0 Å². The van der Waals surface area contributed by atoms with Crippen LogP contribution in [-0.4, -0.2) is 93.4 Å². The van der Waals surface area contributed by atoms with E-state index >= 15 is 0 Å². The molecule has 0 spiro atoms. The SMILES string of the molecule is COc1cc(Br)c(C(=O)NC2CCCCC2)cc1OC.COc1cc2c(=O)n(C3CCCCC3)c3c(cnc4c3ccn4COCC[Si](C)(C)C)c2cc1OC.C[Si](C)(C)CCOCn1ccc2c(I)ccnc21. The van der Waals surface area contributed by atoms with E-state index in [1.54, 1.807) is 40.6 Å². The Balaban J connectivity index is 0.000000178. The van der Waals surface area contributed by atoms with Crippen molar-refractivity contribution in [1.82, 2.24) is 29.0 Å². The van der Waals surface area contributed by atoms with Crippen LogP contribution < -0.4 is 29.8 Å². The number of methoxy groups -OCH3 is 4. The number of hydrogen-bond donors (Lipinski definition) is 1. The van der Waals surface area contributed by atoms with Crippen molar-refractivity contribution in [3.63, 3.8) is 0 Å². The van der Waals surface area contributed by atoms with Crippen LogP contribution in [0, 0.1) is 3.57 Å². The maximum Gasteiger partial charge on any atom is 0.259 e. The minimum absolute atomic E-state index is 0.0250. The summed E-state index contributed by atoms with van der Waals surface area (Å²) in [6.45, 7) is 16.8. The van der Waals surface area contributed by atoms with Crippen LogP contribution in [0.2, 0.25) is 51.4 Å². The van der Waals surface area contributed by atoms with E-state index in [1.165, 1.54) is 40.7 Å². The molecule has 1 N–H and O–H groups in total. The molecule has 1 amide bonds. The van der Waals surface area contributed by atoms with Crippen LogP contribution in [0.25, 0.3) is 43.7 Å². The van der Waals surface area contributed by atoms with Gasteiger partial charge in [0.1, 0.15) is 24.8 Å². The standard InChI is InChI=1S/C28H37N3O4Si.C15H20BrNO3.C13H19IN2OSi/c1-33-24-15-21-22(16-25(24)34-2)28(32)31(19-9-7-6-8-10-19)26-20-11-12-30(27(20)29-17-23(21)26)18-35-13-14-36(3,4)5;1-19-13-8-11(12(16)9-14(13)20-2)15(18)17-10-6-4-3-5-7-10;1-18(2,3)9-8-17-10-16-7-5-11-12(14)4-6-15-13(11)16/h11-12,15-17,19H,6-10,13-14,18H2,1-5H3;8-10H,3-7H2,1-2H3,(H,17,18);4-7H,8-10H2,1-3H3. The number of ether oxygens (including phenoxy) is 6. The average molecular weight is 1220 g/mol. The number of halogens is 2. The minimum Gasteiger partial charge on any atom is -0.493 e. The molecule has 400 valence electrons. The molecule has 2 fully saturated rings. The fraction of sp³-hybridized carbons (Fsp3) is 0.500. The first-order valence-corrected chi connectivity index (χ1v) is 35.3. The summed E-state index contributed by atoms with van der Waals surface area (Å²) in [4.78, 5) is 35.7. The highest BCUT2D eigenvalue weighted by atomic mass is 127. The van der Waals surface area contributed by atoms with Crippen molar-refractivity contribution in [2.45, 2.75) is 141 Å². The molecule has 0 aliphatic heterocycles. The number of fused-ring (bicyclic) bond motifs is 6. The third kappa shape index (κ3) is 14.3. The lowest BCUT2D eigenvalue weighted by Gasteiger charge is -2.27. The van der Waals surface area contributed by atoms with Crippen molar-refractivity contribution in [3.8, 4) is 23.0 Å². The van der Waals surface area contributed by atoms with Gasteiger partial charge in [0.25, 0.3) is 11.5 Å². The Bertz CT molecular complexity index is 3080. The van der Waals surface area contributed by atoms with Crippen LogP contribution >= 0.6 is 38.5 Å². The first-order valence-electron chi connectivity index (χ1n) is 26.0. The molecule has 5 aromatic heterocycles. The highest BCUT2D eigenvalue weighted by Gasteiger charge is 2.25. The van der Waals surface area contributed by atoms with Crippen molar-refractivity contribution in [2.75, 3.05) is 41.7 Å². The van der Waals surface area contributed by atoms with Crippen molar-refractivity contribution in [2.24, 2.45) is 0 Å². The quantitative estimate of drug-likeness (QED) is 0.0405. The molecule has 18 heteroatoms. The summed E-state index contributed by atoms with van der Waals surface area (Å²) in [7, 11) is 4.22. The Labute approximate surface area is 460 Å². The monoisotopic (exact) mass is 1220 g/mol. The summed E-state index contributed by atoms with van der Waals surface area (Å²) in [6, 6.07) is 16.2. The summed E-state index contributed by atoms with van der Waals surface area (Å²) in [6.07, 6.45) is 19.2. The van der Waals surface area contributed by atoms with E-state index in [-0.39, 0.29) is 23.6 Å². The molecule has 2 aliphatic carbocycles. The zero-order valence-corrected chi connectivity index (χ0v) is 50.8. The topological polar surface area (TPSA) is 142 Å². The van der Waals surface area contributed by atoms with Gasteiger partial charge in [-0.15, -0.1) is 0 Å². The lowest BCUT2D eigenvalue weighted by Crippen LogP contribution is -2.36. The molecule has 74 heavy (non-hydrogen) atoms. The van der Waals surface area contributed by atoms with E-state index in [0.717, 1.165) is 90.8 Å². The van der Waals surface area contributed by atoms with Gasteiger partial charge in [-0.2, -0.15) is 0 Å². The maximum absolute atomic E-state index is 14.1. The van der Waals surface area contributed by atoms with Gasteiger partial charge in [0.2, 0.25) is 0 Å². The second-order valence-corrected chi connectivity index (χ2v) is 35.0. The smallest absolute Gasteiger partial charge is 0.259 e. The van der Waals surface area contributed by atoms with Crippen molar-refractivity contribution < 1.29 is 33.2 Å². The number of benzene rings is 2. The van der Waals surface area contributed by atoms with Gasteiger partial charge in [0, 0.05) is 95.8 Å². The fourth-order valence-electron chi connectivity index (χ4n) is 9.67. The third-order valence-corrected chi connectivity index (χ3v) is 18.9. The largest absolute Gasteiger partial charge is 0.493 e. The number of hydrogen-bond acceptors (Lipinski definition) is 10. The van der Waals surface area contributed by atoms with Gasteiger partial charge in [-0.25, -0.2) is 9.97 Å². The van der Waals surface area contributed by atoms with Crippen LogP contribution in [0.3, 0.4) is 0 Å². The number of nitrogens with zero attached hydrogens (tertiary/aromatic N) is 5. The Morgan fingerprint density at radius 1 is 0.662 bits per heavy atom. The number of pyridine rings is 3. The van der Waals surface area contributed by atoms with E-state index in [1.807, 2.05) is 52.1 Å². The zero-order valence-electron chi connectivity index (χ0n) is 45.1. The minimum atomic E-state index is -1.15. The second-order valence-electron chi connectivity index (χ2n) is 21.8. The van der Waals surface area contributed by atoms with E-state index in [4.69, 9.17) is 33.4 Å². The van der Waals surface area contributed by atoms with Gasteiger partial charge in [0.15, 0.2) is 23.0 Å². The van der Waals surface area contributed by atoms with E-state index in [0.29, 0.717) is 51.9 Å². The van der Waals surface area contributed by atoms with E-state index in [2.05, 4.69) is 105 Å². The molecule has 2 aliphatic rings. The Morgan fingerprint density at radius 2 is 1.18 bits per heavy atom. The van der Waals surface area contributed by atoms with Gasteiger partial charge >= 0.3 is 0 Å². The molecule has 5 heterocycles. The summed E-state index contributed by atoms with van der Waals surface area (Å²) in [5.41, 5.74) is 3.41. The molecule has 0 bridgehead atoms. The Kier molecular flexibility index (Phi) is 20.1. The summed E-state index contributed by atoms with van der Waals surface area (Å²) in [5, 5.41) is 7.73. The van der Waals surface area contributed by atoms with Crippen LogP contribution in [-0.2, 0) is 22.9 Å². The molecular weight excluding hydrogens is 1150 g/mol. The molecule has 0 radical (unpaired) electrons. The van der Waals surface area contributed by atoms with Crippen molar-refractivity contribution >= 4 is 104 Å². The van der Waals surface area contributed by atoms with Gasteiger partial charge in [0.05, 0.1) is 44.9 Å². The molecular formula is C56H76BrIN6O8Si2. The van der Waals surface area contributed by atoms with Crippen LogP contribution in [0.4, 0.5) is 0 Å². The highest BCUT2D eigenvalue weighted by molar-refractivity contribution is 14.1. The molecule has 2 aromatic carbocycles. The fourth-order valence-corrected chi connectivity index (χ4v) is 12.3.